The van der Waals surface area contributed by atoms with Gasteiger partial charge in [-0.05, 0) is 35.7 Å². The van der Waals surface area contributed by atoms with Crippen molar-refractivity contribution in [2.75, 3.05) is 12.8 Å². The number of fused-ring (bicyclic) bond motifs is 1. The molecule has 0 fully saturated rings. The third-order valence-electron chi connectivity index (χ3n) is 5.10. The molecule has 0 atom stereocenters. The molecule has 9 heteroatoms. The van der Waals surface area contributed by atoms with Crippen LogP contribution in [-0.2, 0) is 11.3 Å². The Labute approximate surface area is 202 Å². The summed E-state index contributed by atoms with van der Waals surface area (Å²) in [4.78, 5) is 34.6. The Bertz CT molecular complexity index is 1440. The van der Waals surface area contributed by atoms with Crippen LogP contribution in [0, 0.1) is 0 Å². The molecular formula is C24H19N3O3S3. The maximum atomic E-state index is 13.7. The molecule has 1 aromatic carbocycles. The quantitative estimate of drug-likeness (QED) is 0.221. The molecule has 5 aromatic rings. The summed E-state index contributed by atoms with van der Waals surface area (Å²) >= 11 is 4.31. The molecule has 0 bridgehead atoms. The van der Waals surface area contributed by atoms with Crippen molar-refractivity contribution in [3.05, 3.63) is 87.7 Å². The molecule has 1 amide bonds. The van der Waals surface area contributed by atoms with Gasteiger partial charge in [0.2, 0.25) is 5.91 Å². The highest BCUT2D eigenvalue weighted by Gasteiger charge is 2.20. The molecule has 0 aliphatic carbocycles. The van der Waals surface area contributed by atoms with Gasteiger partial charge in [0, 0.05) is 22.9 Å². The molecule has 33 heavy (non-hydrogen) atoms. The van der Waals surface area contributed by atoms with Gasteiger partial charge in [0.05, 0.1) is 29.6 Å². The van der Waals surface area contributed by atoms with Crippen LogP contribution in [0.15, 0.2) is 86.0 Å². The molecule has 166 valence electrons. The first-order valence-electron chi connectivity index (χ1n) is 10.1. The van der Waals surface area contributed by atoms with E-state index in [1.165, 1.54) is 23.1 Å². The number of amides is 1. The van der Waals surface area contributed by atoms with Crippen molar-refractivity contribution in [3.63, 3.8) is 0 Å². The Morgan fingerprint density at radius 3 is 2.70 bits per heavy atom. The fourth-order valence-electron chi connectivity index (χ4n) is 3.45. The van der Waals surface area contributed by atoms with E-state index in [-0.39, 0.29) is 17.2 Å². The van der Waals surface area contributed by atoms with E-state index in [2.05, 4.69) is 0 Å². The molecule has 0 N–H and O–H groups in total. The fraction of sp³-hybridized carbons (Fsp3) is 0.125. The number of carbonyl (C=O) groups is 1. The maximum absolute atomic E-state index is 13.7. The molecule has 0 saturated heterocycles. The van der Waals surface area contributed by atoms with Crippen LogP contribution in [0.25, 0.3) is 26.3 Å². The van der Waals surface area contributed by atoms with Crippen LogP contribution in [0.2, 0.25) is 0 Å². The van der Waals surface area contributed by atoms with Crippen LogP contribution in [0.3, 0.4) is 0 Å². The van der Waals surface area contributed by atoms with Crippen LogP contribution >= 0.6 is 34.4 Å². The van der Waals surface area contributed by atoms with E-state index in [1.54, 1.807) is 40.2 Å². The molecule has 0 saturated carbocycles. The predicted octanol–water partition coefficient (Wildman–Crippen LogP) is 5.52. The minimum atomic E-state index is -0.130. The van der Waals surface area contributed by atoms with Crippen molar-refractivity contribution < 1.29 is 9.21 Å². The second-order valence-corrected chi connectivity index (χ2v) is 10.0. The number of carbonyl (C=O) groups excluding carboxylic acids is 1. The van der Waals surface area contributed by atoms with Gasteiger partial charge in [-0.25, -0.2) is 4.98 Å². The Hall–Kier alpha value is -3.14. The first-order valence-corrected chi connectivity index (χ1v) is 12.9. The molecule has 6 nitrogen and oxygen atoms in total. The van der Waals surface area contributed by atoms with Crippen molar-refractivity contribution in [3.8, 4) is 16.1 Å². The van der Waals surface area contributed by atoms with Gasteiger partial charge >= 0.3 is 0 Å². The van der Waals surface area contributed by atoms with E-state index in [0.29, 0.717) is 21.9 Å². The number of benzene rings is 1. The van der Waals surface area contributed by atoms with Gasteiger partial charge in [-0.15, -0.1) is 22.7 Å². The monoisotopic (exact) mass is 493 g/mol. The lowest BCUT2D eigenvalue weighted by atomic mass is 10.2. The lowest BCUT2D eigenvalue weighted by Gasteiger charge is -2.16. The number of thioether (sulfide) groups is 1. The molecule has 0 aliphatic rings. The van der Waals surface area contributed by atoms with Crippen molar-refractivity contribution >= 4 is 50.6 Å². The predicted molar refractivity (Wildman–Crippen MR) is 134 cm³/mol. The van der Waals surface area contributed by atoms with E-state index in [9.17, 15) is 9.59 Å². The molecule has 5 rings (SSSR count). The van der Waals surface area contributed by atoms with Crippen LogP contribution in [0.4, 0.5) is 0 Å². The summed E-state index contributed by atoms with van der Waals surface area (Å²) < 4.78 is 6.94. The Balaban J connectivity index is 1.51. The average Bonchev–Trinajstić information content (AvgIpc) is 3.59. The fourth-order valence-corrected chi connectivity index (χ4v) is 6.20. The number of aromatic nitrogens is 2. The minimum absolute atomic E-state index is 0.0733. The van der Waals surface area contributed by atoms with E-state index < -0.39 is 0 Å². The highest BCUT2D eigenvalue weighted by Crippen LogP contribution is 2.35. The number of rotatable bonds is 7. The average molecular weight is 494 g/mol. The van der Waals surface area contributed by atoms with Gasteiger partial charge in [0.25, 0.3) is 5.56 Å². The highest BCUT2D eigenvalue weighted by molar-refractivity contribution is 7.99. The van der Waals surface area contributed by atoms with Crippen LogP contribution in [-0.4, -0.2) is 33.2 Å². The SMILES string of the molecule is CN(Cc1ccco1)C(=O)CSc1nc2scc(-c3cccs3)c2c(=O)n1-c1ccccc1. The minimum Gasteiger partial charge on any atom is -0.467 e. The Morgan fingerprint density at radius 2 is 1.97 bits per heavy atom. The van der Waals surface area contributed by atoms with E-state index in [1.807, 2.05) is 59.3 Å². The van der Waals surface area contributed by atoms with E-state index >= 15 is 0 Å². The molecule has 4 heterocycles. The lowest BCUT2D eigenvalue weighted by Crippen LogP contribution is -2.28. The van der Waals surface area contributed by atoms with Gasteiger partial charge in [0.15, 0.2) is 5.16 Å². The first-order chi connectivity index (χ1) is 16.1. The zero-order chi connectivity index (χ0) is 22.8. The highest BCUT2D eigenvalue weighted by atomic mass is 32.2. The molecule has 0 spiro atoms. The third kappa shape index (κ3) is 4.39. The maximum Gasteiger partial charge on any atom is 0.268 e. The molecule has 0 aliphatic heterocycles. The molecule has 4 aromatic heterocycles. The number of furan rings is 1. The van der Waals surface area contributed by atoms with Crippen LogP contribution < -0.4 is 5.56 Å². The summed E-state index contributed by atoms with van der Waals surface area (Å²) in [6, 6.07) is 17.0. The van der Waals surface area contributed by atoms with Gasteiger partial charge in [-0.2, -0.15) is 0 Å². The first kappa shape index (κ1) is 21.7. The normalized spacial score (nSPS) is 11.2. The summed E-state index contributed by atoms with van der Waals surface area (Å²) in [5.41, 5.74) is 1.49. The van der Waals surface area contributed by atoms with Crippen molar-refractivity contribution in [2.24, 2.45) is 0 Å². The number of thiophene rings is 2. The zero-order valence-electron chi connectivity index (χ0n) is 17.6. The topological polar surface area (TPSA) is 68.3 Å². The number of hydrogen-bond donors (Lipinski definition) is 0. The van der Waals surface area contributed by atoms with Gasteiger partial charge in [-0.3, -0.25) is 14.2 Å². The number of para-hydroxylation sites is 1. The standard InChI is InChI=1S/C24H19N3O3S3/c1-26(13-17-9-5-11-30-17)20(28)15-33-24-25-22-21(18(14-32-22)19-10-6-12-31-19)23(29)27(24)16-7-3-2-4-8-16/h2-12,14H,13,15H2,1H3. The second kappa shape index (κ2) is 9.38. The van der Waals surface area contributed by atoms with Gasteiger partial charge < -0.3 is 9.32 Å². The van der Waals surface area contributed by atoms with E-state index in [4.69, 9.17) is 9.40 Å². The van der Waals surface area contributed by atoms with Gasteiger partial charge in [0.1, 0.15) is 10.6 Å². The molecular weight excluding hydrogens is 474 g/mol. The molecule has 0 unspecified atom stereocenters. The van der Waals surface area contributed by atoms with E-state index in [0.717, 1.165) is 21.9 Å². The second-order valence-electron chi connectivity index (χ2n) is 7.30. The largest absolute Gasteiger partial charge is 0.467 e. The Morgan fingerprint density at radius 1 is 1.12 bits per heavy atom. The van der Waals surface area contributed by atoms with Crippen molar-refractivity contribution in [1.29, 1.82) is 0 Å². The van der Waals surface area contributed by atoms with Crippen molar-refractivity contribution in [2.45, 2.75) is 11.7 Å². The summed E-state index contributed by atoms with van der Waals surface area (Å²) in [5, 5.41) is 5.09. The lowest BCUT2D eigenvalue weighted by molar-refractivity contribution is -0.127. The van der Waals surface area contributed by atoms with Crippen LogP contribution in [0.5, 0.6) is 0 Å². The summed E-state index contributed by atoms with van der Waals surface area (Å²) in [5.74, 6) is 0.803. The summed E-state index contributed by atoms with van der Waals surface area (Å²) in [6.45, 7) is 0.388. The molecule has 0 radical (unpaired) electrons. The summed E-state index contributed by atoms with van der Waals surface area (Å²) in [7, 11) is 1.74. The van der Waals surface area contributed by atoms with Crippen LogP contribution in [0.1, 0.15) is 5.76 Å². The zero-order valence-corrected chi connectivity index (χ0v) is 20.1. The third-order valence-corrected chi connectivity index (χ3v) is 7.80. The number of hydrogen-bond acceptors (Lipinski definition) is 7. The summed E-state index contributed by atoms with van der Waals surface area (Å²) in [6.07, 6.45) is 1.59. The Kier molecular flexibility index (Phi) is 6.17. The van der Waals surface area contributed by atoms with Gasteiger partial charge in [-0.1, -0.05) is 36.0 Å². The number of nitrogens with zero attached hydrogens (tertiary/aromatic N) is 3. The smallest absolute Gasteiger partial charge is 0.268 e. The van der Waals surface area contributed by atoms with Crippen molar-refractivity contribution in [1.82, 2.24) is 14.5 Å².